The summed E-state index contributed by atoms with van der Waals surface area (Å²) in [6, 6.07) is 35.2. The van der Waals surface area contributed by atoms with Gasteiger partial charge in [-0.2, -0.15) is 0 Å². The topological polar surface area (TPSA) is 60.7 Å². The Labute approximate surface area is 235 Å². The van der Waals surface area contributed by atoms with Crippen LogP contribution in [0.5, 0.6) is 11.5 Å². The molecule has 0 unspecified atom stereocenters. The van der Waals surface area contributed by atoms with Crippen LogP contribution in [0.25, 0.3) is 22.2 Å². The molecule has 1 heterocycles. The zero-order chi connectivity index (χ0) is 27.9. The fraction of sp³-hybridized carbons (Fsp3) is 0.229. The molecule has 0 saturated carbocycles. The van der Waals surface area contributed by atoms with Crippen molar-refractivity contribution in [2.45, 2.75) is 39.8 Å². The number of ether oxygens (including phenoxy) is 2. The van der Waals surface area contributed by atoms with Crippen LogP contribution in [0.1, 0.15) is 37.0 Å². The van der Waals surface area contributed by atoms with Gasteiger partial charge in [0, 0.05) is 28.6 Å². The summed E-state index contributed by atoms with van der Waals surface area (Å²) < 4.78 is 14.7. The standard InChI is InChI=1S/C35H35NO4/c1-25(2)23-40-34-18-14-27(24-39-31-16-12-26(13-17-31)15-19-35(37)38)20-30(34)22-36-32-11-7-6-10-29(32)21-33(36)28-8-4-3-5-9-28/h3-14,16-18,20-21,25H,15,19,22-24H2,1-2H3,(H,37,38). The number of carboxylic acid groups (broad SMARTS) is 1. The number of benzene rings is 4. The number of para-hydroxylation sites is 1. The predicted molar refractivity (Wildman–Crippen MR) is 160 cm³/mol. The number of nitrogens with zero attached hydrogens (tertiary/aromatic N) is 1. The maximum Gasteiger partial charge on any atom is 0.303 e. The van der Waals surface area contributed by atoms with Crippen molar-refractivity contribution in [1.29, 1.82) is 0 Å². The number of aromatic nitrogens is 1. The Balaban J connectivity index is 1.42. The van der Waals surface area contributed by atoms with Gasteiger partial charge in [0.15, 0.2) is 0 Å². The first-order valence-corrected chi connectivity index (χ1v) is 13.8. The van der Waals surface area contributed by atoms with E-state index in [0.717, 1.165) is 28.2 Å². The second-order valence-corrected chi connectivity index (χ2v) is 10.5. The van der Waals surface area contributed by atoms with Gasteiger partial charge in [-0.15, -0.1) is 0 Å². The molecule has 204 valence electrons. The lowest BCUT2D eigenvalue weighted by Crippen LogP contribution is -2.09. The van der Waals surface area contributed by atoms with Crippen molar-refractivity contribution < 1.29 is 19.4 Å². The fourth-order valence-corrected chi connectivity index (χ4v) is 4.81. The lowest BCUT2D eigenvalue weighted by molar-refractivity contribution is -0.136. The number of carbonyl (C=O) groups is 1. The van der Waals surface area contributed by atoms with Gasteiger partial charge in [0.1, 0.15) is 18.1 Å². The molecule has 5 aromatic rings. The number of aliphatic carboxylic acids is 1. The second kappa shape index (κ2) is 12.6. The van der Waals surface area contributed by atoms with Crippen molar-refractivity contribution >= 4 is 16.9 Å². The molecule has 0 aliphatic rings. The summed E-state index contributed by atoms with van der Waals surface area (Å²) in [6.45, 7) is 6.04. The molecule has 1 N–H and O–H groups in total. The third-order valence-electron chi connectivity index (χ3n) is 6.86. The summed E-state index contributed by atoms with van der Waals surface area (Å²) in [5.74, 6) is 1.27. The minimum absolute atomic E-state index is 0.122. The zero-order valence-electron chi connectivity index (χ0n) is 23.0. The van der Waals surface area contributed by atoms with Crippen molar-refractivity contribution in [3.05, 3.63) is 120 Å². The minimum Gasteiger partial charge on any atom is -0.493 e. The number of aryl methyl sites for hydroxylation is 1. The summed E-state index contributed by atoms with van der Waals surface area (Å²) in [6.07, 6.45) is 0.632. The van der Waals surface area contributed by atoms with Crippen molar-refractivity contribution in [2.24, 2.45) is 5.92 Å². The maximum absolute atomic E-state index is 10.8. The highest BCUT2D eigenvalue weighted by atomic mass is 16.5. The van der Waals surface area contributed by atoms with Crippen molar-refractivity contribution in [2.75, 3.05) is 6.61 Å². The van der Waals surface area contributed by atoms with E-state index < -0.39 is 5.97 Å². The molecular formula is C35H35NO4. The van der Waals surface area contributed by atoms with E-state index >= 15 is 0 Å². The molecule has 5 heteroatoms. The molecule has 5 nitrogen and oxygen atoms in total. The molecule has 0 atom stereocenters. The first kappa shape index (κ1) is 27.1. The van der Waals surface area contributed by atoms with E-state index in [-0.39, 0.29) is 6.42 Å². The summed E-state index contributed by atoms with van der Waals surface area (Å²) in [5.41, 5.74) is 6.66. The molecule has 4 aromatic carbocycles. The van der Waals surface area contributed by atoms with Gasteiger partial charge >= 0.3 is 5.97 Å². The van der Waals surface area contributed by atoms with Crippen molar-refractivity contribution in [3.8, 4) is 22.8 Å². The van der Waals surface area contributed by atoms with Gasteiger partial charge in [-0.25, -0.2) is 0 Å². The third-order valence-corrected chi connectivity index (χ3v) is 6.86. The van der Waals surface area contributed by atoms with Crippen LogP contribution in [0.15, 0.2) is 103 Å². The molecule has 1 aromatic heterocycles. The number of rotatable bonds is 12. The second-order valence-electron chi connectivity index (χ2n) is 10.5. The normalized spacial score (nSPS) is 11.2. The van der Waals surface area contributed by atoms with E-state index in [9.17, 15) is 4.79 Å². The Morgan fingerprint density at radius 2 is 1.55 bits per heavy atom. The van der Waals surface area contributed by atoms with Crippen LogP contribution in [-0.4, -0.2) is 22.2 Å². The SMILES string of the molecule is CC(C)COc1ccc(COc2ccc(CCC(=O)O)cc2)cc1Cn1c(-c2ccccc2)cc2ccccc21. The third kappa shape index (κ3) is 6.73. The van der Waals surface area contributed by atoms with E-state index in [1.807, 2.05) is 30.3 Å². The van der Waals surface area contributed by atoms with Gasteiger partial charge in [0.2, 0.25) is 0 Å². The molecule has 0 spiro atoms. The number of fused-ring (bicyclic) bond motifs is 1. The predicted octanol–water partition coefficient (Wildman–Crippen LogP) is 7.99. The number of hydrogen-bond donors (Lipinski definition) is 1. The number of carboxylic acids is 1. The molecule has 0 aliphatic heterocycles. The Morgan fingerprint density at radius 1 is 0.825 bits per heavy atom. The van der Waals surface area contributed by atoms with Crippen molar-refractivity contribution in [1.82, 2.24) is 4.57 Å². The van der Waals surface area contributed by atoms with Crippen LogP contribution in [0.2, 0.25) is 0 Å². The Kier molecular flexibility index (Phi) is 8.50. The van der Waals surface area contributed by atoms with E-state index in [1.54, 1.807) is 0 Å². The van der Waals surface area contributed by atoms with Crippen molar-refractivity contribution in [3.63, 3.8) is 0 Å². The average molecular weight is 534 g/mol. The average Bonchev–Trinajstić information content (AvgIpc) is 3.33. The molecule has 5 rings (SSSR count). The van der Waals surface area contributed by atoms with Gasteiger partial charge in [-0.05, 0) is 65.4 Å². The first-order chi connectivity index (χ1) is 19.5. The molecular weight excluding hydrogens is 498 g/mol. The van der Waals surface area contributed by atoms with Gasteiger partial charge in [-0.1, -0.05) is 80.6 Å². The van der Waals surface area contributed by atoms with Gasteiger partial charge < -0.3 is 19.1 Å². The summed E-state index contributed by atoms with van der Waals surface area (Å²) in [5, 5.41) is 10.1. The highest BCUT2D eigenvalue weighted by Crippen LogP contribution is 2.31. The van der Waals surface area contributed by atoms with Crippen LogP contribution in [0, 0.1) is 5.92 Å². The smallest absolute Gasteiger partial charge is 0.303 e. The molecule has 0 saturated heterocycles. The highest BCUT2D eigenvalue weighted by Gasteiger charge is 2.15. The Morgan fingerprint density at radius 3 is 2.30 bits per heavy atom. The largest absolute Gasteiger partial charge is 0.493 e. The first-order valence-electron chi connectivity index (χ1n) is 13.8. The van der Waals surface area contributed by atoms with Crippen LogP contribution in [0.3, 0.4) is 0 Å². The fourth-order valence-electron chi connectivity index (χ4n) is 4.81. The van der Waals surface area contributed by atoms with Crippen LogP contribution >= 0.6 is 0 Å². The molecule has 0 bridgehead atoms. The van der Waals surface area contributed by atoms with Crippen LogP contribution in [0.4, 0.5) is 0 Å². The van der Waals surface area contributed by atoms with E-state index in [0.29, 0.717) is 32.1 Å². The van der Waals surface area contributed by atoms with Gasteiger partial charge in [0.05, 0.1) is 13.2 Å². The summed E-state index contributed by atoms with van der Waals surface area (Å²) >= 11 is 0. The lowest BCUT2D eigenvalue weighted by Gasteiger charge is -2.18. The van der Waals surface area contributed by atoms with E-state index in [1.165, 1.54) is 22.2 Å². The molecule has 40 heavy (non-hydrogen) atoms. The van der Waals surface area contributed by atoms with E-state index in [4.69, 9.17) is 14.6 Å². The molecule has 0 amide bonds. The summed E-state index contributed by atoms with van der Waals surface area (Å²) in [4.78, 5) is 10.8. The monoisotopic (exact) mass is 533 g/mol. The molecule has 0 fully saturated rings. The van der Waals surface area contributed by atoms with Gasteiger partial charge in [-0.3, -0.25) is 4.79 Å². The summed E-state index contributed by atoms with van der Waals surface area (Å²) in [7, 11) is 0. The Hall–Kier alpha value is -4.51. The molecule has 0 aliphatic carbocycles. The van der Waals surface area contributed by atoms with Gasteiger partial charge in [0.25, 0.3) is 0 Å². The van der Waals surface area contributed by atoms with Crippen LogP contribution in [-0.2, 0) is 24.4 Å². The Bertz CT molecular complexity index is 1570. The lowest BCUT2D eigenvalue weighted by atomic mass is 10.1. The van der Waals surface area contributed by atoms with E-state index in [2.05, 4.69) is 91.2 Å². The molecule has 0 radical (unpaired) electrons. The zero-order valence-corrected chi connectivity index (χ0v) is 23.0. The number of hydrogen-bond acceptors (Lipinski definition) is 3. The van der Waals surface area contributed by atoms with Crippen LogP contribution < -0.4 is 9.47 Å². The quantitative estimate of drug-likeness (QED) is 0.177. The minimum atomic E-state index is -0.791. The maximum atomic E-state index is 10.8. The highest BCUT2D eigenvalue weighted by molar-refractivity contribution is 5.87.